The van der Waals surface area contributed by atoms with Crippen LogP contribution in [0.25, 0.3) is 17.1 Å². The van der Waals surface area contributed by atoms with Crippen molar-refractivity contribution in [1.29, 1.82) is 0 Å². The van der Waals surface area contributed by atoms with Crippen molar-refractivity contribution in [2.75, 3.05) is 20.3 Å². The molecule has 0 saturated carbocycles. The second kappa shape index (κ2) is 12.4. The molecule has 1 aliphatic rings. The van der Waals surface area contributed by atoms with Gasteiger partial charge in [0.2, 0.25) is 6.30 Å². The van der Waals surface area contributed by atoms with Crippen LogP contribution in [-0.4, -0.2) is 88.8 Å². The predicted molar refractivity (Wildman–Crippen MR) is 143 cm³/mol. The summed E-state index contributed by atoms with van der Waals surface area (Å²) in [5, 5.41) is 18.5. The van der Waals surface area contributed by atoms with Gasteiger partial charge in [0, 0.05) is 30.4 Å². The highest BCUT2D eigenvalue weighted by molar-refractivity contribution is 6.30. The molecule has 1 fully saturated rings. The number of aromatic nitrogens is 7. The van der Waals surface area contributed by atoms with Gasteiger partial charge in [-0.15, -0.1) is 10.2 Å². The molecule has 5 rings (SSSR count). The Balaban J connectivity index is 1.46. The Labute approximate surface area is 241 Å². The lowest BCUT2D eigenvalue weighted by Crippen LogP contribution is -2.38. The van der Waals surface area contributed by atoms with Crippen LogP contribution in [0, 0.1) is 0 Å². The smallest absolute Gasteiger partial charge is 0.349 e. The molecule has 3 atom stereocenters. The molecule has 0 spiro atoms. The van der Waals surface area contributed by atoms with Gasteiger partial charge >= 0.3 is 5.69 Å². The molecule has 2 unspecified atom stereocenters. The van der Waals surface area contributed by atoms with Gasteiger partial charge in [0.25, 0.3) is 12.3 Å². The Hall–Kier alpha value is -4.08. The predicted octanol–water partition coefficient (Wildman–Crippen LogP) is 2.73. The molecule has 3 aromatic heterocycles. The molecule has 1 aromatic carbocycles. The standard InChI is InChI=1S/C26H26ClF3N8O4/c1-42-13-17-3-2-10-35(17)25(40)18-8-9-31-11-19(18)37-14-32-20(33-37)12-36-26(41)38(23(30)21(39)22(28)29)24(34-36)15-4-6-16(27)7-5-15/h4-9,11,14,17,21-23,39H,2-3,10,12-13H2,1H3/t17?,21-,23?/m1/s1. The van der Waals surface area contributed by atoms with Crippen LogP contribution >= 0.6 is 11.6 Å². The molecule has 1 amide bonds. The van der Waals surface area contributed by atoms with E-state index in [4.69, 9.17) is 16.3 Å². The van der Waals surface area contributed by atoms with Gasteiger partial charge in [0.15, 0.2) is 17.8 Å². The molecule has 1 N–H and O–H groups in total. The summed E-state index contributed by atoms with van der Waals surface area (Å²) >= 11 is 5.92. The van der Waals surface area contributed by atoms with Gasteiger partial charge in [-0.1, -0.05) is 11.6 Å². The number of carbonyl (C=O) groups is 1. The largest absolute Gasteiger partial charge is 0.383 e. The van der Waals surface area contributed by atoms with Crippen molar-refractivity contribution in [2.24, 2.45) is 0 Å². The van der Waals surface area contributed by atoms with Crippen LogP contribution in [0.15, 0.2) is 53.8 Å². The monoisotopic (exact) mass is 606 g/mol. The van der Waals surface area contributed by atoms with Crippen LogP contribution in [0.5, 0.6) is 0 Å². The highest BCUT2D eigenvalue weighted by Gasteiger charge is 2.34. The van der Waals surface area contributed by atoms with Crippen molar-refractivity contribution in [3.05, 3.63) is 75.9 Å². The Kier molecular flexibility index (Phi) is 8.70. The molecule has 0 radical (unpaired) electrons. The minimum absolute atomic E-state index is 0.0508. The van der Waals surface area contributed by atoms with E-state index in [0.717, 1.165) is 17.5 Å². The average molecular weight is 607 g/mol. The maximum atomic E-state index is 15.0. The summed E-state index contributed by atoms with van der Waals surface area (Å²) in [6, 6.07) is 7.28. The Morgan fingerprint density at radius 3 is 2.67 bits per heavy atom. The molecule has 42 heavy (non-hydrogen) atoms. The maximum absolute atomic E-state index is 15.0. The zero-order valence-electron chi connectivity index (χ0n) is 22.2. The summed E-state index contributed by atoms with van der Waals surface area (Å²) in [6.07, 6.45) is -3.09. The Bertz CT molecular complexity index is 1610. The van der Waals surface area contributed by atoms with Crippen LogP contribution in [0.1, 0.15) is 35.3 Å². The zero-order chi connectivity index (χ0) is 30.0. The number of pyridine rings is 1. The normalized spacial score (nSPS) is 16.7. The van der Waals surface area contributed by atoms with E-state index in [9.17, 15) is 23.5 Å². The third-order valence-corrected chi connectivity index (χ3v) is 7.12. The summed E-state index contributed by atoms with van der Waals surface area (Å²) in [4.78, 5) is 36.6. The lowest BCUT2D eigenvalue weighted by molar-refractivity contribution is -0.0723. The molecule has 4 heterocycles. The second-order valence-corrected chi connectivity index (χ2v) is 10.0. The van der Waals surface area contributed by atoms with E-state index in [1.807, 2.05) is 0 Å². The van der Waals surface area contributed by atoms with Crippen molar-refractivity contribution in [3.8, 4) is 17.1 Å². The minimum Gasteiger partial charge on any atom is -0.383 e. The van der Waals surface area contributed by atoms with Gasteiger partial charge in [-0.3, -0.25) is 9.78 Å². The number of alkyl halides is 3. The zero-order valence-corrected chi connectivity index (χ0v) is 23.0. The summed E-state index contributed by atoms with van der Waals surface area (Å²) in [6.45, 7) is 0.615. The number of nitrogens with zero attached hydrogens (tertiary/aromatic N) is 8. The number of rotatable bonds is 10. The minimum atomic E-state index is -3.45. The van der Waals surface area contributed by atoms with Crippen LogP contribution < -0.4 is 5.69 Å². The molecule has 0 bridgehead atoms. The lowest BCUT2D eigenvalue weighted by Gasteiger charge is -2.24. The molecule has 1 aliphatic heterocycles. The number of ether oxygens (including phenoxy) is 1. The van der Waals surface area contributed by atoms with Crippen LogP contribution in [-0.2, 0) is 11.3 Å². The second-order valence-electron chi connectivity index (χ2n) is 9.59. The molecule has 16 heteroatoms. The molecular weight excluding hydrogens is 581 g/mol. The number of benzene rings is 1. The molecule has 222 valence electrons. The van der Waals surface area contributed by atoms with E-state index in [-0.39, 0.29) is 35.7 Å². The number of amides is 1. The highest BCUT2D eigenvalue weighted by atomic mass is 35.5. The van der Waals surface area contributed by atoms with Gasteiger partial charge in [0.05, 0.1) is 30.1 Å². The number of likely N-dealkylation sites (tertiary alicyclic amines) is 1. The number of aliphatic hydroxyl groups excluding tert-OH is 1. The molecule has 0 aliphatic carbocycles. The van der Waals surface area contributed by atoms with Gasteiger partial charge < -0.3 is 14.7 Å². The van der Waals surface area contributed by atoms with Crippen LogP contribution in [0.4, 0.5) is 13.2 Å². The summed E-state index contributed by atoms with van der Waals surface area (Å²) < 4.78 is 49.0. The third kappa shape index (κ3) is 5.80. The first-order chi connectivity index (χ1) is 20.2. The molecular formula is C26H26ClF3N8O4. The fourth-order valence-corrected chi connectivity index (χ4v) is 4.93. The lowest BCUT2D eigenvalue weighted by atomic mass is 10.1. The van der Waals surface area contributed by atoms with Crippen molar-refractivity contribution in [3.63, 3.8) is 0 Å². The van der Waals surface area contributed by atoms with Crippen molar-refractivity contribution in [2.45, 2.75) is 44.3 Å². The number of halogens is 4. The van der Waals surface area contributed by atoms with E-state index in [2.05, 4.69) is 20.2 Å². The fraction of sp³-hybridized carbons (Fsp3) is 0.385. The SMILES string of the molecule is COCC1CCCN1C(=O)c1ccncc1-n1cnc(Cn2nc(-c3ccc(Cl)cc3)n(C(F)[C@H](O)C(F)F)c2=O)n1. The van der Waals surface area contributed by atoms with Gasteiger partial charge in [-0.2, -0.15) is 0 Å². The van der Waals surface area contributed by atoms with Gasteiger partial charge in [-0.25, -0.2) is 36.9 Å². The van der Waals surface area contributed by atoms with E-state index in [1.165, 1.54) is 47.7 Å². The van der Waals surface area contributed by atoms with Crippen LogP contribution in [0.2, 0.25) is 5.02 Å². The maximum Gasteiger partial charge on any atom is 0.349 e. The number of methoxy groups -OCH3 is 1. The van der Waals surface area contributed by atoms with E-state index < -0.39 is 24.5 Å². The number of hydrogen-bond acceptors (Lipinski definition) is 8. The van der Waals surface area contributed by atoms with E-state index in [1.54, 1.807) is 18.1 Å². The highest BCUT2D eigenvalue weighted by Crippen LogP contribution is 2.26. The summed E-state index contributed by atoms with van der Waals surface area (Å²) in [5.41, 5.74) is -0.242. The van der Waals surface area contributed by atoms with E-state index >= 15 is 4.39 Å². The van der Waals surface area contributed by atoms with Crippen molar-refractivity contribution < 1.29 is 27.8 Å². The summed E-state index contributed by atoms with van der Waals surface area (Å²) in [7, 11) is 1.58. The van der Waals surface area contributed by atoms with E-state index in [0.29, 0.717) is 34.0 Å². The molecule has 1 saturated heterocycles. The number of carbonyl (C=O) groups excluding carboxylic acids is 1. The van der Waals surface area contributed by atoms with Crippen LogP contribution in [0.3, 0.4) is 0 Å². The first-order valence-electron chi connectivity index (χ1n) is 12.9. The first-order valence-corrected chi connectivity index (χ1v) is 13.3. The molecule has 4 aromatic rings. The van der Waals surface area contributed by atoms with Gasteiger partial charge in [-0.05, 0) is 43.2 Å². The third-order valence-electron chi connectivity index (χ3n) is 6.86. The first kappa shape index (κ1) is 29.4. The fourth-order valence-electron chi connectivity index (χ4n) is 4.81. The number of hydrogen-bond donors (Lipinski definition) is 1. The van der Waals surface area contributed by atoms with Crippen molar-refractivity contribution in [1.82, 2.24) is 39.0 Å². The Morgan fingerprint density at radius 1 is 1.19 bits per heavy atom. The summed E-state index contributed by atoms with van der Waals surface area (Å²) in [5.74, 6) is -0.479. The number of aliphatic hydroxyl groups is 1. The van der Waals surface area contributed by atoms with Crippen molar-refractivity contribution >= 4 is 17.5 Å². The topological polar surface area (TPSA) is 133 Å². The molecule has 12 nitrogen and oxygen atoms in total. The average Bonchev–Trinajstić information content (AvgIpc) is 3.72. The quantitative estimate of drug-likeness (QED) is 0.291. The Morgan fingerprint density at radius 2 is 1.95 bits per heavy atom. The van der Waals surface area contributed by atoms with Gasteiger partial charge in [0.1, 0.15) is 12.9 Å².